The van der Waals surface area contributed by atoms with Gasteiger partial charge in [-0.1, -0.05) is 23.8 Å². The molecule has 156 valence electrons. The van der Waals surface area contributed by atoms with Gasteiger partial charge in [0.25, 0.3) is 5.91 Å². The third kappa shape index (κ3) is 4.38. The molecule has 0 aliphatic carbocycles. The molecule has 0 bridgehead atoms. The van der Waals surface area contributed by atoms with E-state index >= 15 is 0 Å². The van der Waals surface area contributed by atoms with E-state index in [0.29, 0.717) is 23.5 Å². The van der Waals surface area contributed by atoms with Crippen LogP contribution in [0.4, 0.5) is 0 Å². The van der Waals surface area contributed by atoms with Gasteiger partial charge in [-0.25, -0.2) is 8.42 Å². The molecule has 2 aromatic rings. The maximum Gasteiger partial charge on any atom is 0.251 e. The van der Waals surface area contributed by atoms with Gasteiger partial charge in [0.1, 0.15) is 0 Å². The second kappa shape index (κ2) is 8.28. The van der Waals surface area contributed by atoms with Crippen LogP contribution >= 0.6 is 0 Å². The molecule has 1 saturated heterocycles. The summed E-state index contributed by atoms with van der Waals surface area (Å²) in [6, 6.07) is 9.20. The van der Waals surface area contributed by atoms with Crippen molar-refractivity contribution in [3.8, 4) is 0 Å². The van der Waals surface area contributed by atoms with Crippen LogP contribution in [0.15, 0.2) is 35.2 Å². The lowest BCUT2D eigenvalue weighted by atomic mass is 10.1. The molecule has 1 N–H and O–H groups in total. The Labute approximate surface area is 174 Å². The fourth-order valence-electron chi connectivity index (χ4n) is 4.22. The van der Waals surface area contributed by atoms with E-state index in [-0.39, 0.29) is 11.9 Å². The SMILES string of the molecule is Cc1cc(C)c(S(=O)(=O)N2CCC[C@H]2CNC(=O)c2ccc(C)c(C)c2)c(C)c1. The summed E-state index contributed by atoms with van der Waals surface area (Å²) in [6.45, 7) is 10.4. The lowest BCUT2D eigenvalue weighted by molar-refractivity contribution is 0.0946. The van der Waals surface area contributed by atoms with E-state index in [1.54, 1.807) is 10.4 Å². The minimum Gasteiger partial charge on any atom is -0.350 e. The van der Waals surface area contributed by atoms with E-state index in [1.807, 2.05) is 58.9 Å². The van der Waals surface area contributed by atoms with Gasteiger partial charge in [0.05, 0.1) is 4.90 Å². The van der Waals surface area contributed by atoms with Crippen LogP contribution < -0.4 is 5.32 Å². The Morgan fingerprint density at radius 3 is 2.28 bits per heavy atom. The first kappa shape index (κ1) is 21.5. The summed E-state index contributed by atoms with van der Waals surface area (Å²) in [4.78, 5) is 13.0. The van der Waals surface area contributed by atoms with E-state index < -0.39 is 10.0 Å². The Morgan fingerprint density at radius 2 is 1.66 bits per heavy atom. The number of carbonyl (C=O) groups is 1. The number of carbonyl (C=O) groups excluding carboxylic acids is 1. The van der Waals surface area contributed by atoms with Gasteiger partial charge in [-0.05, 0) is 81.8 Å². The largest absolute Gasteiger partial charge is 0.350 e. The molecule has 3 rings (SSSR count). The maximum absolute atomic E-state index is 13.4. The number of rotatable bonds is 5. The molecule has 1 amide bonds. The predicted octanol–water partition coefficient (Wildman–Crippen LogP) is 3.81. The Hall–Kier alpha value is -2.18. The van der Waals surface area contributed by atoms with Crippen molar-refractivity contribution in [2.45, 2.75) is 58.4 Å². The average Bonchev–Trinajstić information content (AvgIpc) is 3.10. The Bertz CT molecular complexity index is 1020. The summed E-state index contributed by atoms with van der Waals surface area (Å²) in [5.41, 5.74) is 5.40. The fraction of sp³-hybridized carbons (Fsp3) is 0.435. The van der Waals surface area contributed by atoms with Crippen LogP contribution in [0.5, 0.6) is 0 Å². The molecule has 0 spiro atoms. The van der Waals surface area contributed by atoms with Gasteiger partial charge in [-0.2, -0.15) is 4.31 Å². The Kier molecular flexibility index (Phi) is 6.15. The van der Waals surface area contributed by atoms with Crippen LogP contribution in [0.1, 0.15) is 51.0 Å². The van der Waals surface area contributed by atoms with E-state index in [2.05, 4.69) is 5.32 Å². The van der Waals surface area contributed by atoms with Crippen LogP contribution in [-0.4, -0.2) is 37.8 Å². The van der Waals surface area contributed by atoms with E-state index in [0.717, 1.165) is 40.7 Å². The minimum absolute atomic E-state index is 0.167. The molecule has 0 aromatic heterocycles. The Morgan fingerprint density at radius 1 is 1.00 bits per heavy atom. The molecule has 2 aromatic carbocycles. The van der Waals surface area contributed by atoms with Crippen LogP contribution in [-0.2, 0) is 10.0 Å². The molecule has 29 heavy (non-hydrogen) atoms. The molecule has 6 heteroatoms. The highest BCUT2D eigenvalue weighted by molar-refractivity contribution is 7.89. The highest BCUT2D eigenvalue weighted by atomic mass is 32.2. The number of hydrogen-bond acceptors (Lipinski definition) is 3. The van der Waals surface area contributed by atoms with Crippen LogP contribution in [0.25, 0.3) is 0 Å². The first-order valence-corrected chi connectivity index (χ1v) is 11.5. The van der Waals surface area contributed by atoms with E-state index in [4.69, 9.17) is 0 Å². The van der Waals surface area contributed by atoms with Crippen LogP contribution in [0, 0.1) is 34.6 Å². The summed E-state index contributed by atoms with van der Waals surface area (Å²) in [5.74, 6) is -0.167. The molecule has 1 atom stereocenters. The zero-order valence-electron chi connectivity index (χ0n) is 17.9. The number of hydrogen-bond donors (Lipinski definition) is 1. The van der Waals surface area contributed by atoms with Gasteiger partial charge in [-0.3, -0.25) is 4.79 Å². The average molecular weight is 415 g/mol. The first-order valence-electron chi connectivity index (χ1n) is 10.1. The van der Waals surface area contributed by atoms with Crippen molar-refractivity contribution in [2.24, 2.45) is 0 Å². The number of sulfonamides is 1. The predicted molar refractivity (Wildman–Crippen MR) is 116 cm³/mol. The van der Waals surface area contributed by atoms with Crippen molar-refractivity contribution in [3.05, 3.63) is 63.7 Å². The number of amides is 1. The van der Waals surface area contributed by atoms with Crippen molar-refractivity contribution < 1.29 is 13.2 Å². The lowest BCUT2D eigenvalue weighted by Gasteiger charge is -2.26. The second-order valence-corrected chi connectivity index (χ2v) is 9.98. The quantitative estimate of drug-likeness (QED) is 0.809. The van der Waals surface area contributed by atoms with Gasteiger partial charge < -0.3 is 5.32 Å². The van der Waals surface area contributed by atoms with Crippen molar-refractivity contribution in [3.63, 3.8) is 0 Å². The summed E-state index contributed by atoms with van der Waals surface area (Å²) >= 11 is 0. The Balaban J connectivity index is 1.78. The number of nitrogens with zero attached hydrogens (tertiary/aromatic N) is 1. The molecule has 0 unspecified atom stereocenters. The van der Waals surface area contributed by atoms with Gasteiger partial charge in [-0.15, -0.1) is 0 Å². The lowest BCUT2D eigenvalue weighted by Crippen LogP contribution is -2.43. The zero-order valence-corrected chi connectivity index (χ0v) is 18.7. The summed E-state index contributed by atoms with van der Waals surface area (Å²) < 4.78 is 28.4. The summed E-state index contributed by atoms with van der Waals surface area (Å²) in [5, 5.41) is 2.93. The highest BCUT2D eigenvalue weighted by Crippen LogP contribution is 2.30. The van der Waals surface area contributed by atoms with Gasteiger partial charge in [0, 0.05) is 24.7 Å². The molecular formula is C23H30N2O3S. The molecule has 1 aliphatic heterocycles. The van der Waals surface area contributed by atoms with Gasteiger partial charge in [0.15, 0.2) is 0 Å². The van der Waals surface area contributed by atoms with Crippen LogP contribution in [0.2, 0.25) is 0 Å². The van der Waals surface area contributed by atoms with Crippen LogP contribution in [0.3, 0.4) is 0 Å². The smallest absolute Gasteiger partial charge is 0.251 e. The molecular weight excluding hydrogens is 384 g/mol. The highest BCUT2D eigenvalue weighted by Gasteiger charge is 2.37. The standard InChI is InChI=1S/C23H30N2O3S/c1-15-11-18(4)22(19(5)12-15)29(27,28)25-10-6-7-21(25)14-24-23(26)20-9-8-16(2)17(3)13-20/h8-9,11-13,21H,6-7,10,14H2,1-5H3,(H,24,26)/t21-/m0/s1. The second-order valence-electron chi connectivity index (χ2n) is 8.15. The molecule has 5 nitrogen and oxygen atoms in total. The molecule has 1 aliphatic rings. The molecule has 0 radical (unpaired) electrons. The third-order valence-electron chi connectivity index (χ3n) is 5.76. The number of aryl methyl sites for hydroxylation is 5. The zero-order chi connectivity index (χ0) is 21.3. The summed E-state index contributed by atoms with van der Waals surface area (Å²) in [6.07, 6.45) is 1.55. The normalized spacial score (nSPS) is 17.5. The topological polar surface area (TPSA) is 66.5 Å². The monoisotopic (exact) mass is 414 g/mol. The van der Waals surface area contributed by atoms with Gasteiger partial charge >= 0.3 is 0 Å². The molecule has 1 fully saturated rings. The fourth-order valence-corrected chi connectivity index (χ4v) is 6.32. The molecule has 1 heterocycles. The van der Waals surface area contributed by atoms with Crippen molar-refractivity contribution in [1.82, 2.24) is 9.62 Å². The third-order valence-corrected chi connectivity index (χ3v) is 8.02. The number of nitrogens with one attached hydrogen (secondary N) is 1. The van der Waals surface area contributed by atoms with Crippen molar-refractivity contribution in [1.29, 1.82) is 0 Å². The van der Waals surface area contributed by atoms with Gasteiger partial charge in [0.2, 0.25) is 10.0 Å². The van der Waals surface area contributed by atoms with Crippen molar-refractivity contribution >= 4 is 15.9 Å². The summed E-state index contributed by atoms with van der Waals surface area (Å²) in [7, 11) is -3.61. The maximum atomic E-state index is 13.4. The molecule has 0 saturated carbocycles. The van der Waals surface area contributed by atoms with Crippen molar-refractivity contribution in [2.75, 3.05) is 13.1 Å². The first-order chi connectivity index (χ1) is 13.6. The van der Waals surface area contributed by atoms with E-state index in [9.17, 15) is 13.2 Å². The minimum atomic E-state index is -3.61. The number of benzene rings is 2. The van der Waals surface area contributed by atoms with E-state index in [1.165, 1.54) is 0 Å².